The fraction of sp³-hybridized carbons (Fsp3) is 0.250. The highest BCUT2D eigenvalue weighted by Crippen LogP contribution is 2.36. The van der Waals surface area contributed by atoms with Crippen molar-refractivity contribution in [2.24, 2.45) is 0 Å². The Morgan fingerprint density at radius 3 is 2.81 bits per heavy atom. The van der Waals surface area contributed by atoms with E-state index in [2.05, 4.69) is 30.4 Å². The summed E-state index contributed by atoms with van der Waals surface area (Å²) in [5, 5.41) is 14.4. The zero-order valence-electron chi connectivity index (χ0n) is 11.6. The van der Waals surface area contributed by atoms with Gasteiger partial charge in [0.1, 0.15) is 5.02 Å². The molecule has 0 aromatic heterocycles. The van der Waals surface area contributed by atoms with E-state index in [1.165, 1.54) is 22.8 Å². The number of fused-ring (bicyclic) bond motifs is 1. The van der Waals surface area contributed by atoms with E-state index in [1.807, 2.05) is 0 Å². The van der Waals surface area contributed by atoms with Gasteiger partial charge < -0.3 is 5.32 Å². The summed E-state index contributed by atoms with van der Waals surface area (Å²) >= 11 is 5.95. The predicted octanol–water partition coefficient (Wildman–Crippen LogP) is 4.66. The molecule has 0 fully saturated rings. The summed E-state index contributed by atoms with van der Waals surface area (Å²) in [6.07, 6.45) is 2.07. The molecule has 2 aromatic carbocycles. The molecule has 1 aliphatic rings. The predicted molar refractivity (Wildman–Crippen MR) is 84.0 cm³/mol. The van der Waals surface area contributed by atoms with Gasteiger partial charge in [-0.25, -0.2) is 0 Å². The SMILES string of the molecule is Cc1ccc2c(c1)C(Nc1ccc([N+](=O)[O-])c(Cl)c1)CC2. The van der Waals surface area contributed by atoms with Gasteiger partial charge in [-0.05, 0) is 43.0 Å². The van der Waals surface area contributed by atoms with Crippen molar-refractivity contribution in [3.63, 3.8) is 0 Å². The Morgan fingerprint density at radius 1 is 1.29 bits per heavy atom. The van der Waals surface area contributed by atoms with Crippen LogP contribution in [0.3, 0.4) is 0 Å². The Labute approximate surface area is 127 Å². The molecule has 108 valence electrons. The molecule has 1 unspecified atom stereocenters. The van der Waals surface area contributed by atoms with Gasteiger partial charge in [-0.15, -0.1) is 0 Å². The number of nitro groups is 1. The van der Waals surface area contributed by atoms with E-state index in [1.54, 1.807) is 12.1 Å². The maximum atomic E-state index is 10.8. The van der Waals surface area contributed by atoms with Crippen molar-refractivity contribution in [2.75, 3.05) is 5.32 Å². The fourth-order valence-electron chi connectivity index (χ4n) is 2.82. The quantitative estimate of drug-likeness (QED) is 0.663. The molecule has 0 saturated carbocycles. The van der Waals surface area contributed by atoms with Gasteiger partial charge >= 0.3 is 0 Å². The van der Waals surface area contributed by atoms with E-state index >= 15 is 0 Å². The number of anilines is 1. The van der Waals surface area contributed by atoms with Crippen LogP contribution in [0.5, 0.6) is 0 Å². The number of rotatable bonds is 3. The van der Waals surface area contributed by atoms with E-state index < -0.39 is 4.92 Å². The number of nitrogens with zero attached hydrogens (tertiary/aromatic N) is 1. The van der Waals surface area contributed by atoms with E-state index in [-0.39, 0.29) is 16.8 Å². The summed E-state index contributed by atoms with van der Waals surface area (Å²) < 4.78 is 0. The molecule has 21 heavy (non-hydrogen) atoms. The second-order valence-electron chi connectivity index (χ2n) is 5.36. The van der Waals surface area contributed by atoms with Gasteiger partial charge in [-0.2, -0.15) is 0 Å². The third-order valence-corrected chi connectivity index (χ3v) is 4.17. The number of hydrogen-bond acceptors (Lipinski definition) is 3. The van der Waals surface area contributed by atoms with Gasteiger partial charge in [-0.3, -0.25) is 10.1 Å². The summed E-state index contributed by atoms with van der Waals surface area (Å²) in [5.41, 5.74) is 4.66. The van der Waals surface area contributed by atoms with Crippen molar-refractivity contribution in [3.05, 3.63) is 68.2 Å². The Bertz CT molecular complexity index is 715. The smallest absolute Gasteiger partial charge is 0.288 e. The third-order valence-electron chi connectivity index (χ3n) is 3.86. The molecule has 2 aromatic rings. The number of aryl methyl sites for hydroxylation is 2. The molecule has 0 spiro atoms. The summed E-state index contributed by atoms with van der Waals surface area (Å²) in [4.78, 5) is 10.3. The lowest BCUT2D eigenvalue weighted by atomic mass is 10.0. The minimum atomic E-state index is -0.472. The minimum absolute atomic E-state index is 0.0649. The Kier molecular flexibility index (Phi) is 3.55. The average molecular weight is 303 g/mol. The Hall–Kier alpha value is -2.07. The van der Waals surface area contributed by atoms with Gasteiger partial charge in [0.05, 0.1) is 11.0 Å². The van der Waals surface area contributed by atoms with E-state index in [9.17, 15) is 10.1 Å². The van der Waals surface area contributed by atoms with Crippen LogP contribution in [0.2, 0.25) is 5.02 Å². The van der Waals surface area contributed by atoms with Crippen molar-refractivity contribution in [1.29, 1.82) is 0 Å². The molecule has 4 nitrogen and oxygen atoms in total. The van der Waals surface area contributed by atoms with Crippen molar-refractivity contribution in [2.45, 2.75) is 25.8 Å². The summed E-state index contributed by atoms with van der Waals surface area (Å²) in [6, 6.07) is 11.5. The lowest BCUT2D eigenvalue weighted by Crippen LogP contribution is -2.07. The first-order chi connectivity index (χ1) is 10.0. The zero-order valence-corrected chi connectivity index (χ0v) is 12.4. The highest BCUT2D eigenvalue weighted by Gasteiger charge is 2.22. The Morgan fingerprint density at radius 2 is 2.10 bits per heavy atom. The normalized spacial score (nSPS) is 16.6. The monoisotopic (exact) mass is 302 g/mol. The maximum absolute atomic E-state index is 10.8. The van der Waals surface area contributed by atoms with Crippen LogP contribution in [0, 0.1) is 17.0 Å². The van der Waals surface area contributed by atoms with Gasteiger partial charge in [0.15, 0.2) is 0 Å². The molecule has 3 rings (SSSR count). The standard InChI is InChI=1S/C16H15ClN2O2/c1-10-2-3-11-4-6-15(13(11)8-10)18-12-5-7-16(19(20)21)14(17)9-12/h2-3,5,7-9,15,18H,4,6H2,1H3. The third kappa shape index (κ3) is 2.72. The van der Waals surface area contributed by atoms with Gasteiger partial charge in [-0.1, -0.05) is 35.4 Å². The Balaban J connectivity index is 1.85. The van der Waals surface area contributed by atoms with Crippen molar-refractivity contribution >= 4 is 23.0 Å². The highest BCUT2D eigenvalue weighted by molar-refractivity contribution is 6.32. The lowest BCUT2D eigenvalue weighted by Gasteiger charge is -2.16. The van der Waals surface area contributed by atoms with E-state index in [0.29, 0.717) is 0 Å². The van der Waals surface area contributed by atoms with E-state index in [4.69, 9.17) is 11.6 Å². The van der Waals surface area contributed by atoms with Crippen LogP contribution in [0.1, 0.15) is 29.2 Å². The molecule has 1 aliphatic carbocycles. The molecule has 0 aliphatic heterocycles. The summed E-state index contributed by atoms with van der Waals surface area (Å²) in [7, 11) is 0. The molecular formula is C16H15ClN2O2. The first-order valence-electron chi connectivity index (χ1n) is 6.84. The summed E-state index contributed by atoms with van der Waals surface area (Å²) in [5.74, 6) is 0. The topological polar surface area (TPSA) is 55.2 Å². The number of halogens is 1. The van der Waals surface area contributed by atoms with Crippen LogP contribution in [-0.4, -0.2) is 4.92 Å². The van der Waals surface area contributed by atoms with Crippen molar-refractivity contribution < 1.29 is 4.92 Å². The van der Waals surface area contributed by atoms with Crippen molar-refractivity contribution in [1.82, 2.24) is 0 Å². The van der Waals surface area contributed by atoms with Crippen LogP contribution in [0.25, 0.3) is 0 Å². The molecule has 1 N–H and O–H groups in total. The second kappa shape index (κ2) is 5.37. The van der Waals surface area contributed by atoms with Crippen LogP contribution in [0.4, 0.5) is 11.4 Å². The summed E-state index contributed by atoms with van der Waals surface area (Å²) in [6.45, 7) is 2.08. The lowest BCUT2D eigenvalue weighted by molar-refractivity contribution is -0.384. The van der Waals surface area contributed by atoms with Crippen LogP contribution < -0.4 is 5.32 Å². The van der Waals surface area contributed by atoms with Crippen LogP contribution >= 0.6 is 11.6 Å². The molecular weight excluding hydrogens is 288 g/mol. The maximum Gasteiger partial charge on any atom is 0.288 e. The van der Waals surface area contributed by atoms with E-state index in [0.717, 1.165) is 18.5 Å². The van der Waals surface area contributed by atoms with Crippen LogP contribution in [0.15, 0.2) is 36.4 Å². The number of nitrogens with one attached hydrogen (secondary N) is 1. The minimum Gasteiger partial charge on any atom is -0.378 e. The molecule has 0 heterocycles. The zero-order chi connectivity index (χ0) is 15.0. The molecule has 0 saturated heterocycles. The highest BCUT2D eigenvalue weighted by atomic mass is 35.5. The fourth-order valence-corrected chi connectivity index (χ4v) is 3.07. The molecule has 0 radical (unpaired) electrons. The van der Waals surface area contributed by atoms with Gasteiger partial charge in [0, 0.05) is 11.8 Å². The number of hydrogen-bond donors (Lipinski definition) is 1. The first kappa shape index (κ1) is 13.9. The van der Waals surface area contributed by atoms with Gasteiger partial charge in [0.25, 0.3) is 5.69 Å². The van der Waals surface area contributed by atoms with Crippen LogP contribution in [-0.2, 0) is 6.42 Å². The molecule has 5 heteroatoms. The number of nitro benzene ring substituents is 1. The van der Waals surface area contributed by atoms with Gasteiger partial charge in [0.2, 0.25) is 0 Å². The molecule has 0 bridgehead atoms. The second-order valence-corrected chi connectivity index (χ2v) is 5.77. The molecule has 0 amide bonds. The molecule has 1 atom stereocenters. The average Bonchev–Trinajstić information content (AvgIpc) is 2.81. The number of benzene rings is 2. The largest absolute Gasteiger partial charge is 0.378 e. The first-order valence-corrected chi connectivity index (χ1v) is 7.22. The van der Waals surface area contributed by atoms with Crippen molar-refractivity contribution in [3.8, 4) is 0 Å².